The van der Waals surface area contributed by atoms with Crippen LogP contribution < -0.4 is 0 Å². The lowest BCUT2D eigenvalue weighted by Crippen LogP contribution is -2.29. The number of hydrogen-bond acceptors (Lipinski definition) is 3. The van der Waals surface area contributed by atoms with Gasteiger partial charge in [0.25, 0.3) is 11.8 Å². The summed E-state index contributed by atoms with van der Waals surface area (Å²) < 4.78 is 0. The van der Waals surface area contributed by atoms with Crippen LogP contribution in [-0.2, 0) is 0 Å². The monoisotopic (exact) mass is 203 g/mol. The molecule has 0 atom stereocenters. The van der Waals surface area contributed by atoms with Crippen molar-refractivity contribution >= 4 is 11.8 Å². The van der Waals surface area contributed by atoms with Crippen molar-refractivity contribution in [3.8, 4) is 5.75 Å². The van der Waals surface area contributed by atoms with Crippen LogP contribution in [-0.4, -0.2) is 28.4 Å². The molecular weight excluding hydrogens is 194 g/mol. The third-order valence-corrected chi connectivity index (χ3v) is 2.27. The van der Waals surface area contributed by atoms with Crippen LogP contribution in [0.5, 0.6) is 5.75 Å². The number of carbonyl (C=O) groups is 2. The van der Waals surface area contributed by atoms with Gasteiger partial charge in [0.05, 0.1) is 11.1 Å². The molecule has 0 saturated carbocycles. The van der Waals surface area contributed by atoms with E-state index in [-0.39, 0.29) is 29.7 Å². The van der Waals surface area contributed by atoms with Gasteiger partial charge in [-0.3, -0.25) is 14.5 Å². The molecule has 1 aliphatic rings. The van der Waals surface area contributed by atoms with Crippen LogP contribution >= 0.6 is 0 Å². The zero-order valence-electron chi connectivity index (χ0n) is 7.93. The Morgan fingerprint density at radius 2 is 1.93 bits per heavy atom. The highest BCUT2D eigenvalue weighted by atomic mass is 16.3. The van der Waals surface area contributed by atoms with Gasteiger partial charge in [0.15, 0.2) is 0 Å². The fraction of sp³-hybridized carbons (Fsp3) is 0.0909. The van der Waals surface area contributed by atoms with Crippen molar-refractivity contribution in [1.29, 1.82) is 0 Å². The summed E-state index contributed by atoms with van der Waals surface area (Å²) in [5.41, 5.74) is 0.585. The van der Waals surface area contributed by atoms with E-state index in [1.165, 1.54) is 24.3 Å². The van der Waals surface area contributed by atoms with Gasteiger partial charge < -0.3 is 5.11 Å². The first-order valence-electron chi connectivity index (χ1n) is 4.45. The third-order valence-electron chi connectivity index (χ3n) is 2.27. The van der Waals surface area contributed by atoms with Crippen LogP contribution in [0.3, 0.4) is 0 Å². The van der Waals surface area contributed by atoms with E-state index in [4.69, 9.17) is 0 Å². The van der Waals surface area contributed by atoms with Crippen LogP contribution in [0.4, 0.5) is 0 Å². The minimum absolute atomic E-state index is 0.0182. The lowest BCUT2D eigenvalue weighted by molar-refractivity contribution is 0.0672. The smallest absolute Gasteiger partial charge is 0.261 e. The number of hydrogen-bond donors (Lipinski definition) is 1. The second-order valence-electron chi connectivity index (χ2n) is 3.24. The number of aromatic hydroxyl groups is 1. The van der Waals surface area contributed by atoms with Gasteiger partial charge in [0.1, 0.15) is 5.75 Å². The minimum Gasteiger partial charge on any atom is -0.508 e. The number of fused-ring (bicyclic) bond motifs is 1. The third kappa shape index (κ3) is 1.30. The second kappa shape index (κ2) is 3.24. The molecule has 76 valence electrons. The molecule has 1 aromatic carbocycles. The van der Waals surface area contributed by atoms with Gasteiger partial charge >= 0.3 is 0 Å². The molecular formula is C11H9NO3. The van der Waals surface area contributed by atoms with Crippen molar-refractivity contribution in [2.45, 2.75) is 0 Å². The van der Waals surface area contributed by atoms with E-state index in [1.807, 2.05) is 0 Å². The van der Waals surface area contributed by atoms with Crippen molar-refractivity contribution in [3.63, 3.8) is 0 Å². The predicted molar refractivity (Wildman–Crippen MR) is 53.7 cm³/mol. The van der Waals surface area contributed by atoms with E-state index < -0.39 is 0 Å². The number of benzene rings is 1. The van der Waals surface area contributed by atoms with Gasteiger partial charge in [-0.05, 0) is 18.2 Å². The van der Waals surface area contributed by atoms with Gasteiger partial charge in [0.2, 0.25) is 0 Å². The molecule has 0 aromatic heterocycles. The highest BCUT2D eigenvalue weighted by Gasteiger charge is 2.34. The van der Waals surface area contributed by atoms with Gasteiger partial charge in [0, 0.05) is 6.54 Å². The minimum atomic E-state index is -0.384. The van der Waals surface area contributed by atoms with Crippen molar-refractivity contribution < 1.29 is 14.7 Å². The number of phenols is 1. The summed E-state index contributed by atoms with van der Waals surface area (Å²) in [6, 6.07) is 4.15. The molecule has 0 radical (unpaired) electrons. The Labute approximate surface area is 86.4 Å². The van der Waals surface area contributed by atoms with E-state index in [1.54, 1.807) is 0 Å². The first-order chi connectivity index (χ1) is 7.15. The number of nitrogens with zero attached hydrogens (tertiary/aromatic N) is 1. The van der Waals surface area contributed by atoms with Gasteiger partial charge in [-0.1, -0.05) is 6.08 Å². The molecule has 4 heteroatoms. The molecule has 4 nitrogen and oxygen atoms in total. The number of phenolic OH excluding ortho intramolecular Hbond substituents is 1. The molecule has 1 aromatic rings. The van der Waals surface area contributed by atoms with E-state index in [9.17, 15) is 14.7 Å². The molecule has 15 heavy (non-hydrogen) atoms. The van der Waals surface area contributed by atoms with E-state index >= 15 is 0 Å². The fourth-order valence-corrected chi connectivity index (χ4v) is 1.57. The topological polar surface area (TPSA) is 57.6 Å². The van der Waals surface area contributed by atoms with Crippen LogP contribution in [0.25, 0.3) is 0 Å². The van der Waals surface area contributed by atoms with Gasteiger partial charge in [-0.15, -0.1) is 6.58 Å². The average Bonchev–Trinajstić information content (AvgIpc) is 2.44. The average molecular weight is 203 g/mol. The number of carbonyl (C=O) groups excluding carboxylic acids is 2. The summed E-state index contributed by atoms with van der Waals surface area (Å²) in [6.45, 7) is 3.67. The zero-order chi connectivity index (χ0) is 11.0. The van der Waals surface area contributed by atoms with E-state index in [0.717, 1.165) is 4.90 Å². The van der Waals surface area contributed by atoms with Gasteiger partial charge in [-0.2, -0.15) is 0 Å². The molecule has 0 aliphatic carbocycles. The summed E-state index contributed by atoms with van der Waals surface area (Å²) in [5, 5.41) is 9.21. The first-order valence-corrected chi connectivity index (χ1v) is 4.45. The molecule has 1 N–H and O–H groups in total. The highest BCUT2D eigenvalue weighted by Crippen LogP contribution is 2.25. The molecule has 0 fully saturated rings. The lowest BCUT2D eigenvalue weighted by Gasteiger charge is -2.09. The molecule has 0 spiro atoms. The molecule has 2 rings (SSSR count). The van der Waals surface area contributed by atoms with Crippen molar-refractivity contribution in [2.75, 3.05) is 6.54 Å². The maximum absolute atomic E-state index is 11.7. The maximum atomic E-state index is 11.7. The number of imide groups is 1. The Morgan fingerprint density at radius 1 is 1.27 bits per heavy atom. The molecule has 0 bridgehead atoms. The van der Waals surface area contributed by atoms with E-state index in [2.05, 4.69) is 6.58 Å². The Balaban J connectivity index is 2.50. The summed E-state index contributed by atoms with van der Waals surface area (Å²) >= 11 is 0. The molecule has 1 aliphatic heterocycles. The van der Waals surface area contributed by atoms with Crippen molar-refractivity contribution in [1.82, 2.24) is 4.90 Å². The first kappa shape index (κ1) is 9.45. The van der Waals surface area contributed by atoms with Crippen LogP contribution in [0.2, 0.25) is 0 Å². The Bertz CT molecular complexity index is 465. The van der Waals surface area contributed by atoms with Crippen LogP contribution in [0.15, 0.2) is 30.9 Å². The summed E-state index contributed by atoms with van der Waals surface area (Å²) in [6.07, 6.45) is 1.49. The quantitative estimate of drug-likeness (QED) is 0.580. The summed E-state index contributed by atoms with van der Waals surface area (Å²) in [4.78, 5) is 24.5. The largest absolute Gasteiger partial charge is 0.508 e. The Morgan fingerprint density at radius 3 is 2.60 bits per heavy atom. The predicted octanol–water partition coefficient (Wildman–Crippen LogP) is 1.17. The Hall–Kier alpha value is -2.10. The second-order valence-corrected chi connectivity index (χ2v) is 3.24. The van der Waals surface area contributed by atoms with Crippen LogP contribution in [0.1, 0.15) is 20.7 Å². The van der Waals surface area contributed by atoms with E-state index in [0.29, 0.717) is 5.56 Å². The highest BCUT2D eigenvalue weighted by molar-refractivity contribution is 6.21. The molecule has 0 unspecified atom stereocenters. The fourth-order valence-electron chi connectivity index (χ4n) is 1.57. The van der Waals surface area contributed by atoms with Crippen molar-refractivity contribution in [2.24, 2.45) is 0 Å². The molecule has 0 saturated heterocycles. The normalized spacial score (nSPS) is 14.3. The number of amides is 2. The number of rotatable bonds is 2. The van der Waals surface area contributed by atoms with Gasteiger partial charge in [-0.25, -0.2) is 0 Å². The maximum Gasteiger partial charge on any atom is 0.261 e. The summed E-state index contributed by atoms with van der Waals surface area (Å²) in [5.74, 6) is -0.740. The molecule has 1 heterocycles. The molecule has 2 amide bonds. The zero-order valence-corrected chi connectivity index (χ0v) is 7.93. The standard InChI is InChI=1S/C11H9NO3/c1-2-5-12-10(14)8-4-3-7(13)6-9(8)11(12)15/h2-4,6,13H,1,5H2. The Kier molecular flexibility index (Phi) is 2.04. The van der Waals surface area contributed by atoms with Crippen molar-refractivity contribution in [3.05, 3.63) is 42.0 Å². The SMILES string of the molecule is C=CCN1C(=O)c2ccc(O)cc2C1=O. The van der Waals surface area contributed by atoms with Crippen LogP contribution in [0, 0.1) is 0 Å². The summed E-state index contributed by atoms with van der Waals surface area (Å²) in [7, 11) is 0. The lowest BCUT2D eigenvalue weighted by atomic mass is 10.1.